The van der Waals surface area contributed by atoms with Crippen LogP contribution < -0.4 is 15.4 Å². The number of guanidine groups is 1. The molecule has 0 heterocycles. The molecule has 2 aliphatic carbocycles. The van der Waals surface area contributed by atoms with Crippen LogP contribution in [0.4, 0.5) is 0 Å². The minimum atomic E-state index is -0.126. The van der Waals surface area contributed by atoms with Crippen molar-refractivity contribution < 1.29 is 9.84 Å². The third-order valence-electron chi connectivity index (χ3n) is 4.56. The fourth-order valence-electron chi connectivity index (χ4n) is 2.97. The van der Waals surface area contributed by atoms with Crippen LogP contribution in [0.5, 0.6) is 5.75 Å². The van der Waals surface area contributed by atoms with Crippen LogP contribution in [-0.2, 0) is 6.54 Å². The predicted octanol–water partition coefficient (Wildman–Crippen LogP) is 2.81. The van der Waals surface area contributed by atoms with Crippen molar-refractivity contribution in [2.24, 2.45) is 4.99 Å². The molecule has 1 aromatic carbocycles. The molecule has 0 atom stereocenters. The normalized spacial score (nSPS) is 24.0. The average molecular weight is 445 g/mol. The van der Waals surface area contributed by atoms with Crippen molar-refractivity contribution in [3.05, 3.63) is 29.8 Å². The summed E-state index contributed by atoms with van der Waals surface area (Å²) in [5.41, 5.74) is 1.09. The number of aliphatic hydroxyl groups excluding tert-OH is 1. The van der Waals surface area contributed by atoms with Crippen molar-refractivity contribution in [3.63, 3.8) is 0 Å². The summed E-state index contributed by atoms with van der Waals surface area (Å²) in [6, 6.07) is 8.97. The highest BCUT2D eigenvalue weighted by Crippen LogP contribution is 2.21. The van der Waals surface area contributed by atoms with Gasteiger partial charge in [0.15, 0.2) is 5.96 Å². The second-order valence-corrected chi connectivity index (χ2v) is 6.55. The molecule has 0 spiro atoms. The van der Waals surface area contributed by atoms with Crippen molar-refractivity contribution in [1.82, 2.24) is 10.6 Å². The van der Waals surface area contributed by atoms with Gasteiger partial charge in [-0.2, -0.15) is 0 Å². The summed E-state index contributed by atoms with van der Waals surface area (Å²) in [6.07, 6.45) is 6.07. The van der Waals surface area contributed by atoms with E-state index < -0.39 is 0 Å². The number of rotatable bonds is 5. The van der Waals surface area contributed by atoms with E-state index in [-0.39, 0.29) is 30.1 Å². The Morgan fingerprint density at radius 1 is 1.08 bits per heavy atom. The van der Waals surface area contributed by atoms with E-state index in [0.29, 0.717) is 18.6 Å². The van der Waals surface area contributed by atoms with Gasteiger partial charge < -0.3 is 20.5 Å². The molecule has 2 fully saturated rings. The highest BCUT2D eigenvalue weighted by atomic mass is 127. The molecular weight excluding hydrogens is 417 g/mol. The lowest BCUT2D eigenvalue weighted by molar-refractivity contribution is 0.120. The number of aliphatic hydroxyl groups is 1. The van der Waals surface area contributed by atoms with Gasteiger partial charge in [0.05, 0.1) is 19.8 Å². The summed E-state index contributed by atoms with van der Waals surface area (Å²) in [7, 11) is 1.69. The lowest BCUT2D eigenvalue weighted by Gasteiger charge is -2.27. The summed E-state index contributed by atoms with van der Waals surface area (Å²) in [5, 5.41) is 16.7. The third kappa shape index (κ3) is 5.81. The van der Waals surface area contributed by atoms with Gasteiger partial charge in [0.2, 0.25) is 0 Å². The Kier molecular flexibility index (Phi) is 7.61. The molecule has 0 unspecified atom stereocenters. The predicted molar refractivity (Wildman–Crippen MR) is 107 cm³/mol. The summed E-state index contributed by atoms with van der Waals surface area (Å²) < 4.78 is 5.39. The number of nitrogens with one attached hydrogen (secondary N) is 2. The van der Waals surface area contributed by atoms with Crippen molar-refractivity contribution in [1.29, 1.82) is 0 Å². The van der Waals surface area contributed by atoms with Gasteiger partial charge in [-0.1, -0.05) is 18.2 Å². The molecule has 24 heavy (non-hydrogen) atoms. The highest BCUT2D eigenvalue weighted by Gasteiger charge is 2.25. The Bertz CT molecular complexity index is 541. The zero-order chi connectivity index (χ0) is 16.1. The fourth-order valence-corrected chi connectivity index (χ4v) is 2.97. The van der Waals surface area contributed by atoms with E-state index in [1.165, 1.54) is 12.8 Å². The van der Waals surface area contributed by atoms with Crippen molar-refractivity contribution in [2.75, 3.05) is 7.11 Å². The number of aliphatic imine (C=N–C) groups is 1. The molecule has 0 bridgehead atoms. The SMILES string of the molecule is COc1ccccc1CN=C(NC1CCC(O)CC1)NC1CC1.I. The molecule has 0 saturated heterocycles. The van der Waals surface area contributed by atoms with Gasteiger partial charge in [-0.25, -0.2) is 4.99 Å². The van der Waals surface area contributed by atoms with Gasteiger partial charge in [-0.3, -0.25) is 0 Å². The zero-order valence-electron chi connectivity index (χ0n) is 14.2. The molecule has 3 rings (SSSR count). The highest BCUT2D eigenvalue weighted by molar-refractivity contribution is 14.0. The second-order valence-electron chi connectivity index (χ2n) is 6.55. The van der Waals surface area contributed by atoms with Gasteiger partial charge in [-0.15, -0.1) is 24.0 Å². The molecular formula is C18H28IN3O2. The molecule has 1 aromatic rings. The summed E-state index contributed by atoms with van der Waals surface area (Å²) in [5.74, 6) is 1.77. The van der Waals surface area contributed by atoms with E-state index in [2.05, 4.69) is 10.6 Å². The van der Waals surface area contributed by atoms with E-state index in [9.17, 15) is 5.11 Å². The van der Waals surface area contributed by atoms with E-state index >= 15 is 0 Å². The Hall–Kier alpha value is -1.02. The smallest absolute Gasteiger partial charge is 0.192 e. The minimum Gasteiger partial charge on any atom is -0.496 e. The molecule has 0 aromatic heterocycles. The summed E-state index contributed by atoms with van der Waals surface area (Å²) >= 11 is 0. The Morgan fingerprint density at radius 2 is 1.67 bits per heavy atom. The van der Waals surface area contributed by atoms with E-state index in [1.54, 1.807) is 7.11 Å². The van der Waals surface area contributed by atoms with Crippen LogP contribution in [0.25, 0.3) is 0 Å². The van der Waals surface area contributed by atoms with E-state index in [1.807, 2.05) is 24.3 Å². The third-order valence-corrected chi connectivity index (χ3v) is 4.56. The lowest BCUT2D eigenvalue weighted by Crippen LogP contribution is -2.46. The first-order chi connectivity index (χ1) is 11.2. The van der Waals surface area contributed by atoms with Gasteiger partial charge in [0.1, 0.15) is 5.75 Å². The first-order valence-corrected chi connectivity index (χ1v) is 8.62. The second kappa shape index (κ2) is 9.46. The van der Waals surface area contributed by atoms with Gasteiger partial charge in [-0.05, 0) is 44.6 Å². The van der Waals surface area contributed by atoms with Gasteiger partial charge in [0.25, 0.3) is 0 Å². The molecule has 5 nitrogen and oxygen atoms in total. The number of benzene rings is 1. The molecule has 0 radical (unpaired) electrons. The Balaban J connectivity index is 0.00000208. The largest absolute Gasteiger partial charge is 0.496 e. The van der Waals surface area contributed by atoms with Crippen LogP contribution in [0, 0.1) is 0 Å². The molecule has 134 valence electrons. The first kappa shape index (κ1) is 19.3. The maximum atomic E-state index is 9.64. The molecule has 2 saturated carbocycles. The maximum absolute atomic E-state index is 9.64. The van der Waals surface area contributed by atoms with Crippen LogP contribution >= 0.6 is 24.0 Å². The minimum absolute atomic E-state index is 0. The maximum Gasteiger partial charge on any atom is 0.192 e. The molecule has 0 amide bonds. The fraction of sp³-hybridized carbons (Fsp3) is 0.611. The standard InChI is InChI=1S/C18H27N3O2.HI/c1-23-17-5-3-2-4-13(17)12-19-18(20-14-6-7-14)21-15-8-10-16(22)11-9-15;/h2-5,14-16,22H,6-12H2,1H3,(H2,19,20,21);1H. The number of nitrogens with zero attached hydrogens (tertiary/aromatic N) is 1. The zero-order valence-corrected chi connectivity index (χ0v) is 16.5. The Morgan fingerprint density at radius 3 is 2.25 bits per heavy atom. The number of hydrogen-bond acceptors (Lipinski definition) is 3. The van der Waals surface area contributed by atoms with Crippen LogP contribution in [0.2, 0.25) is 0 Å². The van der Waals surface area contributed by atoms with Gasteiger partial charge in [0, 0.05) is 17.6 Å². The van der Waals surface area contributed by atoms with Crippen molar-refractivity contribution in [3.8, 4) is 5.75 Å². The topological polar surface area (TPSA) is 65.9 Å². The van der Waals surface area contributed by atoms with Gasteiger partial charge >= 0.3 is 0 Å². The Labute approximate surface area is 161 Å². The number of hydrogen-bond donors (Lipinski definition) is 3. The number of halogens is 1. The average Bonchev–Trinajstić information content (AvgIpc) is 3.39. The monoisotopic (exact) mass is 445 g/mol. The number of methoxy groups -OCH3 is 1. The molecule has 2 aliphatic rings. The van der Waals surface area contributed by atoms with Crippen molar-refractivity contribution in [2.45, 2.75) is 63.3 Å². The van der Waals surface area contributed by atoms with Crippen LogP contribution in [-0.4, -0.2) is 36.4 Å². The van der Waals surface area contributed by atoms with Crippen LogP contribution in [0.1, 0.15) is 44.1 Å². The molecule has 3 N–H and O–H groups in total. The molecule has 6 heteroatoms. The first-order valence-electron chi connectivity index (χ1n) is 8.62. The summed E-state index contributed by atoms with van der Waals surface area (Å²) in [6.45, 7) is 0.599. The lowest BCUT2D eigenvalue weighted by atomic mass is 9.93. The molecule has 0 aliphatic heterocycles. The van der Waals surface area contributed by atoms with E-state index in [0.717, 1.165) is 43.0 Å². The summed E-state index contributed by atoms with van der Waals surface area (Å²) in [4.78, 5) is 4.75. The number of para-hydroxylation sites is 1. The van der Waals surface area contributed by atoms with Crippen LogP contribution in [0.3, 0.4) is 0 Å². The van der Waals surface area contributed by atoms with Crippen molar-refractivity contribution >= 4 is 29.9 Å². The van der Waals surface area contributed by atoms with Crippen LogP contribution in [0.15, 0.2) is 29.3 Å². The quantitative estimate of drug-likeness (QED) is 0.371. The van der Waals surface area contributed by atoms with E-state index in [4.69, 9.17) is 9.73 Å². The number of ether oxygens (including phenoxy) is 1.